The SMILES string of the molecule is COCc1cc(NN)nc(Cc2c(F)cccc2Cl)n1. The second kappa shape index (κ2) is 6.60. The Kier molecular flexibility index (Phi) is 4.84. The summed E-state index contributed by atoms with van der Waals surface area (Å²) in [6.45, 7) is 0.315. The Balaban J connectivity index is 2.35. The number of nitrogen functional groups attached to an aromatic ring is 1. The molecule has 5 nitrogen and oxygen atoms in total. The lowest BCUT2D eigenvalue weighted by molar-refractivity contribution is 0.181. The van der Waals surface area contributed by atoms with E-state index in [1.165, 1.54) is 6.07 Å². The van der Waals surface area contributed by atoms with Gasteiger partial charge in [-0.2, -0.15) is 0 Å². The zero-order chi connectivity index (χ0) is 14.5. The number of hydrogen-bond acceptors (Lipinski definition) is 5. The maximum atomic E-state index is 13.8. The van der Waals surface area contributed by atoms with Crippen LogP contribution in [-0.2, 0) is 17.8 Å². The van der Waals surface area contributed by atoms with Crippen molar-refractivity contribution >= 4 is 17.4 Å². The summed E-state index contributed by atoms with van der Waals surface area (Å²) in [5.41, 5.74) is 3.45. The normalized spacial score (nSPS) is 10.6. The van der Waals surface area contributed by atoms with Gasteiger partial charge in [-0.15, -0.1) is 0 Å². The summed E-state index contributed by atoms with van der Waals surface area (Å²) in [6, 6.07) is 6.19. The average molecular weight is 297 g/mol. The molecule has 0 radical (unpaired) electrons. The van der Waals surface area contributed by atoms with Gasteiger partial charge < -0.3 is 10.2 Å². The van der Waals surface area contributed by atoms with Crippen molar-refractivity contribution in [1.82, 2.24) is 9.97 Å². The predicted molar refractivity (Wildman–Crippen MR) is 74.8 cm³/mol. The van der Waals surface area contributed by atoms with Gasteiger partial charge in [-0.1, -0.05) is 17.7 Å². The predicted octanol–water partition coefficient (Wildman–Crippen LogP) is 2.29. The van der Waals surface area contributed by atoms with Crippen molar-refractivity contribution in [2.24, 2.45) is 5.84 Å². The van der Waals surface area contributed by atoms with E-state index in [0.717, 1.165) is 0 Å². The molecular weight excluding hydrogens is 283 g/mol. The van der Waals surface area contributed by atoms with E-state index in [9.17, 15) is 4.39 Å². The van der Waals surface area contributed by atoms with Gasteiger partial charge in [0.1, 0.15) is 17.5 Å². The first kappa shape index (κ1) is 14.6. The van der Waals surface area contributed by atoms with Gasteiger partial charge >= 0.3 is 0 Å². The molecule has 0 aliphatic carbocycles. The number of anilines is 1. The molecule has 0 aliphatic rings. The summed E-state index contributed by atoms with van der Waals surface area (Å²) in [5, 5.41) is 0.341. The van der Waals surface area contributed by atoms with Crippen LogP contribution in [0.15, 0.2) is 24.3 Å². The second-order valence-corrected chi connectivity index (χ2v) is 4.52. The Labute approximate surface area is 120 Å². The lowest BCUT2D eigenvalue weighted by Crippen LogP contribution is -2.12. The number of nitrogens with one attached hydrogen (secondary N) is 1. The number of benzene rings is 1. The van der Waals surface area contributed by atoms with Crippen LogP contribution in [0.4, 0.5) is 10.2 Å². The highest BCUT2D eigenvalue weighted by atomic mass is 35.5. The zero-order valence-electron chi connectivity index (χ0n) is 10.9. The molecule has 0 bridgehead atoms. The molecule has 0 saturated heterocycles. The van der Waals surface area contributed by atoms with E-state index in [1.807, 2.05) is 0 Å². The Morgan fingerprint density at radius 2 is 2.20 bits per heavy atom. The van der Waals surface area contributed by atoms with Crippen LogP contribution in [0.2, 0.25) is 5.02 Å². The fraction of sp³-hybridized carbons (Fsp3) is 0.231. The average Bonchev–Trinajstić information content (AvgIpc) is 2.43. The van der Waals surface area contributed by atoms with Crippen LogP contribution >= 0.6 is 11.6 Å². The first-order valence-corrected chi connectivity index (χ1v) is 6.27. The minimum absolute atomic E-state index is 0.178. The first-order chi connectivity index (χ1) is 9.63. The maximum absolute atomic E-state index is 13.8. The van der Waals surface area contributed by atoms with Gasteiger partial charge in [0.05, 0.1) is 12.3 Å². The monoisotopic (exact) mass is 296 g/mol. The van der Waals surface area contributed by atoms with Crippen LogP contribution < -0.4 is 11.3 Å². The molecule has 1 heterocycles. The van der Waals surface area contributed by atoms with Crippen molar-refractivity contribution < 1.29 is 9.13 Å². The third-order valence-electron chi connectivity index (χ3n) is 2.66. The van der Waals surface area contributed by atoms with Crippen LogP contribution in [0.3, 0.4) is 0 Å². The van der Waals surface area contributed by atoms with Crippen LogP contribution in [0, 0.1) is 5.82 Å². The minimum Gasteiger partial charge on any atom is -0.378 e. The van der Waals surface area contributed by atoms with Crippen molar-refractivity contribution in [3.05, 3.63) is 52.2 Å². The van der Waals surface area contributed by atoms with Crippen molar-refractivity contribution in [2.75, 3.05) is 12.5 Å². The molecule has 1 aromatic heterocycles. The molecule has 0 fully saturated rings. The van der Waals surface area contributed by atoms with E-state index in [0.29, 0.717) is 34.5 Å². The van der Waals surface area contributed by atoms with Crippen molar-refractivity contribution in [3.8, 4) is 0 Å². The molecule has 2 rings (SSSR count). The van der Waals surface area contributed by atoms with E-state index in [2.05, 4.69) is 15.4 Å². The molecular formula is C13H14ClFN4O. The number of nitrogens with zero attached hydrogens (tertiary/aromatic N) is 2. The van der Waals surface area contributed by atoms with Crippen LogP contribution in [0.25, 0.3) is 0 Å². The largest absolute Gasteiger partial charge is 0.378 e. The molecule has 20 heavy (non-hydrogen) atoms. The molecule has 7 heteroatoms. The molecule has 2 aromatic rings. The van der Waals surface area contributed by atoms with Gasteiger partial charge in [-0.25, -0.2) is 20.2 Å². The number of aromatic nitrogens is 2. The summed E-state index contributed by atoms with van der Waals surface area (Å²) in [5.74, 6) is 5.82. The van der Waals surface area contributed by atoms with Crippen LogP contribution in [0.1, 0.15) is 17.1 Å². The van der Waals surface area contributed by atoms with Gasteiger partial charge in [-0.3, -0.25) is 0 Å². The fourth-order valence-corrected chi connectivity index (χ4v) is 2.02. The maximum Gasteiger partial charge on any atom is 0.144 e. The van der Waals surface area contributed by atoms with Gasteiger partial charge in [0, 0.05) is 30.2 Å². The summed E-state index contributed by atoms with van der Waals surface area (Å²) in [7, 11) is 1.56. The Hall–Kier alpha value is -1.76. The first-order valence-electron chi connectivity index (χ1n) is 5.89. The lowest BCUT2D eigenvalue weighted by Gasteiger charge is -2.09. The van der Waals surface area contributed by atoms with Gasteiger partial charge in [0.2, 0.25) is 0 Å². The van der Waals surface area contributed by atoms with Gasteiger partial charge in [0.15, 0.2) is 0 Å². The number of nitrogens with two attached hydrogens (primary N) is 1. The molecule has 0 amide bonds. The number of halogens is 2. The van der Waals surface area contributed by atoms with Crippen LogP contribution in [0.5, 0.6) is 0 Å². The molecule has 0 aliphatic heterocycles. The Bertz CT molecular complexity index is 589. The van der Waals surface area contributed by atoms with Crippen molar-refractivity contribution in [1.29, 1.82) is 0 Å². The van der Waals surface area contributed by atoms with Gasteiger partial charge in [-0.05, 0) is 12.1 Å². The number of ether oxygens (including phenoxy) is 1. The lowest BCUT2D eigenvalue weighted by atomic mass is 10.1. The zero-order valence-corrected chi connectivity index (χ0v) is 11.6. The summed E-state index contributed by atoms with van der Waals surface area (Å²) >= 11 is 5.99. The highest BCUT2D eigenvalue weighted by Crippen LogP contribution is 2.21. The Morgan fingerprint density at radius 1 is 1.40 bits per heavy atom. The molecule has 0 saturated carbocycles. The van der Waals surface area contributed by atoms with E-state index in [-0.39, 0.29) is 12.2 Å². The quantitative estimate of drug-likeness (QED) is 0.654. The number of hydrogen-bond donors (Lipinski definition) is 2. The molecule has 106 valence electrons. The number of hydrazine groups is 1. The highest BCUT2D eigenvalue weighted by molar-refractivity contribution is 6.31. The fourth-order valence-electron chi connectivity index (χ4n) is 1.79. The molecule has 1 aromatic carbocycles. The van der Waals surface area contributed by atoms with Crippen molar-refractivity contribution in [2.45, 2.75) is 13.0 Å². The van der Waals surface area contributed by atoms with Crippen LogP contribution in [-0.4, -0.2) is 17.1 Å². The van der Waals surface area contributed by atoms with E-state index >= 15 is 0 Å². The third-order valence-corrected chi connectivity index (χ3v) is 3.02. The summed E-state index contributed by atoms with van der Waals surface area (Å²) in [6.07, 6.45) is 0.178. The van der Waals surface area contributed by atoms with Gasteiger partial charge in [0.25, 0.3) is 0 Å². The standard InChI is InChI=1S/C13H14ClFN4O/c1-20-7-8-5-13(19-16)18-12(17-8)6-9-10(14)3-2-4-11(9)15/h2-5H,6-7,16H2,1H3,(H,17,18,19). The topological polar surface area (TPSA) is 73.1 Å². The molecule has 0 atom stereocenters. The van der Waals surface area contributed by atoms with E-state index in [1.54, 1.807) is 25.3 Å². The summed E-state index contributed by atoms with van der Waals surface area (Å²) in [4.78, 5) is 8.48. The molecule has 0 unspecified atom stereocenters. The van der Waals surface area contributed by atoms with E-state index in [4.69, 9.17) is 22.2 Å². The van der Waals surface area contributed by atoms with Crippen molar-refractivity contribution in [3.63, 3.8) is 0 Å². The third kappa shape index (κ3) is 3.41. The number of rotatable bonds is 5. The smallest absolute Gasteiger partial charge is 0.144 e. The Morgan fingerprint density at radius 3 is 2.85 bits per heavy atom. The molecule has 0 spiro atoms. The number of methoxy groups -OCH3 is 1. The minimum atomic E-state index is -0.388. The van der Waals surface area contributed by atoms with E-state index < -0.39 is 0 Å². The summed E-state index contributed by atoms with van der Waals surface area (Å²) < 4.78 is 18.8. The highest BCUT2D eigenvalue weighted by Gasteiger charge is 2.11. The second-order valence-electron chi connectivity index (χ2n) is 4.12. The molecule has 3 N–H and O–H groups in total.